The molecule has 0 bridgehead atoms. The molecule has 1 aliphatic heterocycles. The Labute approximate surface area is 130 Å². The van der Waals surface area contributed by atoms with E-state index in [-0.39, 0.29) is 0 Å². The molecule has 0 amide bonds. The highest BCUT2D eigenvalue weighted by Crippen LogP contribution is 2.35. The summed E-state index contributed by atoms with van der Waals surface area (Å²) in [6.07, 6.45) is 3.99. The van der Waals surface area contributed by atoms with Crippen LogP contribution in [0.4, 0.5) is 0 Å². The Morgan fingerprint density at radius 2 is 2.19 bits per heavy atom. The van der Waals surface area contributed by atoms with Crippen molar-refractivity contribution in [2.24, 2.45) is 4.99 Å². The zero-order valence-corrected chi connectivity index (χ0v) is 13.2. The second kappa shape index (κ2) is 4.84. The van der Waals surface area contributed by atoms with Gasteiger partial charge in [-0.05, 0) is 47.0 Å². The summed E-state index contributed by atoms with van der Waals surface area (Å²) in [5.74, 6) is 0.833. The third-order valence-corrected chi connectivity index (χ3v) is 4.56. The number of H-pyrrole nitrogens is 1. The number of fused-ring (bicyclic) bond motifs is 3. The lowest BCUT2D eigenvalue weighted by molar-refractivity contribution is 0.413. The second-order valence-corrected chi connectivity index (χ2v) is 6.03. The normalized spacial score (nSPS) is 14.9. The number of ether oxygens (including phenoxy) is 1. The summed E-state index contributed by atoms with van der Waals surface area (Å²) in [5, 5.41) is 2.31. The molecule has 1 aliphatic rings. The van der Waals surface area contributed by atoms with Crippen molar-refractivity contribution >= 4 is 43.4 Å². The molecule has 0 saturated carbocycles. The molecule has 3 heterocycles. The number of benzene rings is 1. The van der Waals surface area contributed by atoms with Crippen molar-refractivity contribution in [1.29, 1.82) is 0 Å². The number of methoxy groups -OCH3 is 1. The van der Waals surface area contributed by atoms with Crippen LogP contribution in [0, 0.1) is 0 Å². The molecule has 0 saturated heterocycles. The average molecular weight is 344 g/mol. The predicted molar refractivity (Wildman–Crippen MR) is 88.5 cm³/mol. The Hall–Kier alpha value is -1.88. The third-order valence-electron chi connectivity index (χ3n) is 3.94. The molecule has 5 heteroatoms. The van der Waals surface area contributed by atoms with Gasteiger partial charge in [-0.15, -0.1) is 0 Å². The molecule has 1 N–H and O–H groups in total. The monoisotopic (exact) mass is 343 g/mol. The molecule has 21 heavy (non-hydrogen) atoms. The Balaban J connectivity index is 2.05. The van der Waals surface area contributed by atoms with Gasteiger partial charge in [0.15, 0.2) is 0 Å². The largest absolute Gasteiger partial charge is 0.496 e. The first-order valence-corrected chi connectivity index (χ1v) is 7.75. The number of aromatic nitrogens is 2. The molecule has 0 fully saturated rings. The molecule has 4 rings (SSSR count). The lowest BCUT2D eigenvalue weighted by Gasteiger charge is -2.03. The summed E-state index contributed by atoms with van der Waals surface area (Å²) in [6.45, 7) is 0.910. The van der Waals surface area contributed by atoms with E-state index in [1.54, 1.807) is 7.11 Å². The average Bonchev–Trinajstić information content (AvgIpc) is 3.13. The summed E-state index contributed by atoms with van der Waals surface area (Å²) < 4.78 is 6.34. The van der Waals surface area contributed by atoms with E-state index in [0.29, 0.717) is 0 Å². The quantitative estimate of drug-likeness (QED) is 0.762. The Morgan fingerprint density at radius 1 is 1.29 bits per heavy atom. The van der Waals surface area contributed by atoms with E-state index in [4.69, 9.17) is 4.74 Å². The van der Waals surface area contributed by atoms with E-state index in [1.165, 1.54) is 0 Å². The van der Waals surface area contributed by atoms with Crippen LogP contribution in [-0.4, -0.2) is 29.3 Å². The van der Waals surface area contributed by atoms with Crippen molar-refractivity contribution in [2.45, 2.75) is 12.8 Å². The number of nitrogens with one attached hydrogen (secondary N) is 1. The Kier molecular flexibility index (Phi) is 2.96. The van der Waals surface area contributed by atoms with Crippen LogP contribution in [0.2, 0.25) is 0 Å². The number of aromatic amines is 1. The van der Waals surface area contributed by atoms with E-state index in [2.05, 4.69) is 43.0 Å². The predicted octanol–water partition coefficient (Wildman–Crippen LogP) is 4.07. The van der Waals surface area contributed by atoms with Crippen LogP contribution < -0.4 is 4.74 Å². The highest BCUT2D eigenvalue weighted by molar-refractivity contribution is 9.10. The van der Waals surface area contributed by atoms with Gasteiger partial charge in [0, 0.05) is 29.0 Å². The van der Waals surface area contributed by atoms with Crippen molar-refractivity contribution in [3.05, 3.63) is 34.6 Å². The van der Waals surface area contributed by atoms with Crippen molar-refractivity contribution in [1.82, 2.24) is 9.97 Å². The Morgan fingerprint density at radius 3 is 2.95 bits per heavy atom. The first kappa shape index (κ1) is 12.8. The van der Waals surface area contributed by atoms with Crippen LogP contribution in [0.25, 0.3) is 21.8 Å². The van der Waals surface area contributed by atoms with E-state index >= 15 is 0 Å². The number of aliphatic imine (C=N–C) groups is 1. The molecule has 2 aromatic heterocycles. The van der Waals surface area contributed by atoms with Crippen molar-refractivity contribution in [3.63, 3.8) is 0 Å². The maximum atomic E-state index is 5.40. The molecule has 0 unspecified atom stereocenters. The van der Waals surface area contributed by atoms with Crippen molar-refractivity contribution in [3.8, 4) is 5.75 Å². The Bertz CT molecular complexity index is 882. The minimum Gasteiger partial charge on any atom is -0.496 e. The zero-order chi connectivity index (χ0) is 14.4. The van der Waals surface area contributed by atoms with Gasteiger partial charge in [-0.25, -0.2) is 0 Å². The van der Waals surface area contributed by atoms with Gasteiger partial charge in [0.2, 0.25) is 0 Å². The number of rotatable bonds is 2. The molecule has 4 nitrogen and oxygen atoms in total. The van der Waals surface area contributed by atoms with Crippen LogP contribution in [-0.2, 0) is 0 Å². The molecule has 0 spiro atoms. The maximum Gasteiger partial charge on any atom is 0.133 e. The van der Waals surface area contributed by atoms with Crippen LogP contribution in [0.3, 0.4) is 0 Å². The van der Waals surface area contributed by atoms with Gasteiger partial charge < -0.3 is 9.72 Å². The van der Waals surface area contributed by atoms with Crippen LogP contribution in [0.1, 0.15) is 18.5 Å². The van der Waals surface area contributed by atoms with Gasteiger partial charge in [0.1, 0.15) is 11.4 Å². The van der Waals surface area contributed by atoms with E-state index in [9.17, 15) is 0 Å². The fraction of sp³-hybridized carbons (Fsp3) is 0.250. The van der Waals surface area contributed by atoms with Crippen molar-refractivity contribution < 1.29 is 4.74 Å². The van der Waals surface area contributed by atoms with Crippen LogP contribution >= 0.6 is 15.9 Å². The van der Waals surface area contributed by atoms with Gasteiger partial charge in [0.05, 0.1) is 22.8 Å². The minimum absolute atomic E-state index is 0.833. The minimum atomic E-state index is 0.833. The third kappa shape index (κ3) is 1.95. The standard InChI is InChI=1S/C16H14BrN3O/c1-21-14-7-10-9-4-6-19-16(12-3-2-5-18-12)15(9)20-13(10)8-11(14)17/h4,6-8,20H,2-3,5H2,1H3. The molecule has 0 radical (unpaired) electrons. The van der Waals surface area contributed by atoms with Gasteiger partial charge in [-0.1, -0.05) is 0 Å². The zero-order valence-electron chi connectivity index (χ0n) is 11.6. The number of nitrogens with zero attached hydrogens (tertiary/aromatic N) is 2. The molecule has 0 aliphatic carbocycles. The summed E-state index contributed by atoms with van der Waals surface area (Å²) in [6, 6.07) is 6.15. The summed E-state index contributed by atoms with van der Waals surface area (Å²) in [4.78, 5) is 12.6. The van der Waals surface area contributed by atoms with Crippen LogP contribution in [0.15, 0.2) is 33.9 Å². The lowest BCUT2D eigenvalue weighted by Crippen LogP contribution is -2.00. The molecule has 3 aromatic rings. The number of pyridine rings is 1. The van der Waals surface area contributed by atoms with E-state index in [0.717, 1.165) is 62.8 Å². The summed E-state index contributed by atoms with van der Waals surface area (Å²) >= 11 is 3.54. The number of hydrogen-bond acceptors (Lipinski definition) is 3. The van der Waals surface area contributed by atoms with E-state index < -0.39 is 0 Å². The first-order valence-electron chi connectivity index (χ1n) is 6.95. The molecule has 0 atom stereocenters. The number of halogens is 1. The van der Waals surface area contributed by atoms with Crippen LogP contribution in [0.5, 0.6) is 5.75 Å². The summed E-state index contributed by atoms with van der Waals surface area (Å²) in [7, 11) is 1.68. The van der Waals surface area contributed by atoms with Gasteiger partial charge >= 0.3 is 0 Å². The molecule has 1 aromatic carbocycles. The molecular formula is C16H14BrN3O. The fourth-order valence-electron chi connectivity index (χ4n) is 2.94. The first-order chi connectivity index (χ1) is 10.3. The smallest absolute Gasteiger partial charge is 0.133 e. The van der Waals surface area contributed by atoms with E-state index in [1.807, 2.05) is 12.3 Å². The maximum absolute atomic E-state index is 5.40. The fourth-order valence-corrected chi connectivity index (χ4v) is 3.44. The summed E-state index contributed by atoms with van der Waals surface area (Å²) in [5.41, 5.74) is 4.23. The lowest BCUT2D eigenvalue weighted by atomic mass is 10.1. The highest BCUT2D eigenvalue weighted by atomic mass is 79.9. The van der Waals surface area contributed by atoms with Gasteiger partial charge in [-0.2, -0.15) is 0 Å². The SMILES string of the molecule is COc1cc2c(cc1Br)[nH]c1c(C3=NCCC3)nccc12. The van der Waals surface area contributed by atoms with Gasteiger partial charge in [-0.3, -0.25) is 9.98 Å². The number of hydrogen-bond donors (Lipinski definition) is 1. The molecular weight excluding hydrogens is 330 g/mol. The second-order valence-electron chi connectivity index (χ2n) is 5.17. The van der Waals surface area contributed by atoms with Crippen molar-refractivity contribution in [2.75, 3.05) is 13.7 Å². The topological polar surface area (TPSA) is 50.3 Å². The highest BCUT2D eigenvalue weighted by Gasteiger charge is 2.17. The molecule has 106 valence electrons. The van der Waals surface area contributed by atoms with Gasteiger partial charge in [0.25, 0.3) is 0 Å².